The number of benzene rings is 1. The number of aryl methyl sites for hydroxylation is 1. The van der Waals surface area contributed by atoms with Crippen LogP contribution >= 0.6 is 0 Å². The first-order valence-electron chi connectivity index (χ1n) is 17.4. The van der Waals surface area contributed by atoms with Gasteiger partial charge >= 0.3 is 5.97 Å². The molecule has 1 aromatic heterocycles. The van der Waals surface area contributed by atoms with Crippen molar-refractivity contribution >= 4 is 27.7 Å². The predicted octanol–water partition coefficient (Wildman–Crippen LogP) is 2.86. The van der Waals surface area contributed by atoms with Gasteiger partial charge in [0, 0.05) is 35.9 Å². The summed E-state index contributed by atoms with van der Waals surface area (Å²) in [6.45, 7) is -1.55. The molecule has 1 aliphatic heterocycles. The number of carbonyl (C=O) groups excluding carboxylic acids is 2. The van der Waals surface area contributed by atoms with Crippen LogP contribution in [0.2, 0.25) is 0 Å². The van der Waals surface area contributed by atoms with E-state index in [-0.39, 0.29) is 55.6 Å². The first kappa shape index (κ1) is 26.0. The highest BCUT2D eigenvalue weighted by molar-refractivity contribution is 7.86. The largest absolute Gasteiger partial charge is 0.476 e. The Morgan fingerprint density at radius 2 is 1.82 bits per heavy atom. The van der Waals surface area contributed by atoms with Crippen LogP contribution in [0.1, 0.15) is 63.8 Å². The zero-order chi connectivity index (χ0) is 37.3. The molecule has 1 saturated heterocycles. The number of aliphatic hydroxyl groups excluding tert-OH is 1. The quantitative estimate of drug-likeness (QED) is 0.194. The van der Waals surface area contributed by atoms with Crippen LogP contribution in [0.5, 0.6) is 5.88 Å². The zero-order valence-electron chi connectivity index (χ0n) is 31.2. The van der Waals surface area contributed by atoms with E-state index < -0.39 is 51.9 Å². The summed E-state index contributed by atoms with van der Waals surface area (Å²) >= 11 is 0. The van der Waals surface area contributed by atoms with E-state index in [1.54, 1.807) is 20.1 Å². The van der Waals surface area contributed by atoms with Crippen LogP contribution in [-0.4, -0.2) is 88.6 Å². The van der Waals surface area contributed by atoms with E-state index in [1.165, 1.54) is 32.0 Å². The second-order valence-corrected chi connectivity index (χ2v) is 12.4. The van der Waals surface area contributed by atoms with Crippen LogP contribution in [0.25, 0.3) is 0 Å². The maximum absolute atomic E-state index is 13.6. The summed E-state index contributed by atoms with van der Waals surface area (Å²) in [5.74, 6) is -1.88. The maximum atomic E-state index is 13.6. The normalized spacial score (nSPS) is 21.4. The van der Waals surface area contributed by atoms with Crippen LogP contribution in [0.3, 0.4) is 0 Å². The third-order valence-electron chi connectivity index (χ3n) is 7.99. The monoisotopic (exact) mass is 639 g/mol. The lowest BCUT2D eigenvalue weighted by molar-refractivity contribution is -0.152. The minimum atomic E-state index is -4.93. The molecule has 0 unspecified atom stereocenters. The predicted molar refractivity (Wildman–Crippen MR) is 162 cm³/mol. The standard InChI is InChI=1S/C31H43N3O9S/c1-5-31(6-2,30(37)41-14-7-15-43-44(38,39)25-10-8-21(3)9-11-25)33-28(36)26-12-13-27(34-17-24(18-34)40-4)29(32-26)42-20-23-16-22(23)19-35/h8-13,22-24,35H,5-7,14-20H2,1-4H3,(H,33,36)/t22-,23-/m1/s1/i7D2,14D2,15D2. The summed E-state index contributed by atoms with van der Waals surface area (Å²) in [5.41, 5.74) is -0.781. The molecule has 1 aromatic carbocycles. The van der Waals surface area contributed by atoms with Gasteiger partial charge in [-0.05, 0) is 62.3 Å². The molecule has 1 saturated carbocycles. The molecule has 0 bridgehead atoms. The number of amides is 1. The Labute approximate surface area is 267 Å². The number of hydrogen-bond acceptors (Lipinski definition) is 11. The van der Waals surface area contributed by atoms with Gasteiger partial charge in [0.25, 0.3) is 16.0 Å². The summed E-state index contributed by atoms with van der Waals surface area (Å²) in [7, 11) is -3.33. The lowest BCUT2D eigenvalue weighted by Crippen LogP contribution is -2.54. The van der Waals surface area contributed by atoms with Gasteiger partial charge in [-0.3, -0.25) is 8.98 Å². The van der Waals surface area contributed by atoms with E-state index in [0.717, 1.165) is 18.6 Å². The van der Waals surface area contributed by atoms with Crippen molar-refractivity contribution in [2.75, 3.05) is 51.4 Å². The van der Waals surface area contributed by atoms with Gasteiger partial charge < -0.3 is 29.5 Å². The van der Waals surface area contributed by atoms with Crippen LogP contribution < -0.4 is 15.0 Å². The van der Waals surface area contributed by atoms with Crippen LogP contribution in [0.4, 0.5) is 5.69 Å². The van der Waals surface area contributed by atoms with E-state index in [2.05, 4.69) is 14.5 Å². The van der Waals surface area contributed by atoms with Crippen LogP contribution in [0, 0.1) is 18.8 Å². The minimum Gasteiger partial charge on any atom is -0.476 e. The fraction of sp³-hybridized carbons (Fsp3) is 0.581. The summed E-state index contributed by atoms with van der Waals surface area (Å²) in [6, 6.07) is 8.11. The Morgan fingerprint density at radius 3 is 2.43 bits per heavy atom. The molecule has 2 heterocycles. The number of hydrogen-bond donors (Lipinski definition) is 2. The molecule has 1 aliphatic carbocycles. The molecule has 242 valence electrons. The van der Waals surface area contributed by atoms with Gasteiger partial charge in [-0.1, -0.05) is 31.5 Å². The van der Waals surface area contributed by atoms with E-state index in [0.29, 0.717) is 24.3 Å². The summed E-state index contributed by atoms with van der Waals surface area (Å²) < 4.78 is 95.5. The molecule has 2 N–H and O–H groups in total. The van der Waals surface area contributed by atoms with Crippen molar-refractivity contribution in [3.05, 3.63) is 47.7 Å². The molecular formula is C31H43N3O9S. The van der Waals surface area contributed by atoms with E-state index in [9.17, 15) is 23.1 Å². The van der Waals surface area contributed by atoms with Crippen LogP contribution in [-0.2, 0) is 28.6 Å². The highest BCUT2D eigenvalue weighted by Crippen LogP contribution is 2.39. The number of nitrogens with one attached hydrogen (secondary N) is 1. The fourth-order valence-corrected chi connectivity index (χ4v) is 5.40. The smallest absolute Gasteiger partial charge is 0.331 e. The molecule has 4 rings (SSSR count). The summed E-state index contributed by atoms with van der Waals surface area (Å²) in [4.78, 5) is 33.0. The number of nitrogens with zero attached hydrogens (tertiary/aromatic N) is 2. The number of carbonyl (C=O) groups is 2. The van der Waals surface area contributed by atoms with Crippen molar-refractivity contribution in [3.63, 3.8) is 0 Å². The molecule has 2 aliphatic rings. The third-order valence-corrected chi connectivity index (χ3v) is 9.14. The average Bonchev–Trinajstić information content (AvgIpc) is 3.80. The van der Waals surface area contributed by atoms with Crippen molar-refractivity contribution in [2.45, 2.75) is 62.9 Å². The number of anilines is 1. The lowest BCUT2D eigenvalue weighted by atomic mass is 9.92. The van der Waals surface area contributed by atoms with Gasteiger partial charge in [-0.25, -0.2) is 9.78 Å². The van der Waals surface area contributed by atoms with Crippen molar-refractivity contribution in [1.82, 2.24) is 10.3 Å². The SMILES string of the molecule is [2H]C([2H])(OC(=O)C(CC)(CC)NC(=O)c1ccc(N2CC(OC)C2)c(OC[C@H]2C[C@@H]2CO)n1)C([2H])([2H])C([2H])([2H])OS(=O)(=O)c1ccc(C)cc1. The molecule has 12 nitrogen and oxygen atoms in total. The highest BCUT2D eigenvalue weighted by Gasteiger charge is 2.40. The Bertz CT molecular complexity index is 1650. The first-order valence-corrected chi connectivity index (χ1v) is 15.8. The first-order chi connectivity index (χ1) is 23.3. The van der Waals surface area contributed by atoms with Crippen molar-refractivity contribution in [2.24, 2.45) is 11.8 Å². The van der Waals surface area contributed by atoms with E-state index in [4.69, 9.17) is 22.4 Å². The van der Waals surface area contributed by atoms with Crippen LogP contribution in [0.15, 0.2) is 41.3 Å². The van der Waals surface area contributed by atoms with Gasteiger partial charge in [-0.2, -0.15) is 8.42 Å². The average molecular weight is 640 g/mol. The van der Waals surface area contributed by atoms with Gasteiger partial charge in [0.1, 0.15) is 16.9 Å². The number of pyridine rings is 1. The van der Waals surface area contributed by atoms with Crippen molar-refractivity contribution in [3.8, 4) is 5.88 Å². The molecule has 2 atom stereocenters. The topological polar surface area (TPSA) is 154 Å². The highest BCUT2D eigenvalue weighted by atomic mass is 32.2. The molecular weight excluding hydrogens is 590 g/mol. The molecule has 13 heteroatoms. The molecule has 2 aromatic rings. The summed E-state index contributed by atoms with van der Waals surface area (Å²) in [6.07, 6.45) is -3.39. The molecule has 1 amide bonds. The van der Waals surface area contributed by atoms with E-state index in [1.807, 2.05) is 4.90 Å². The van der Waals surface area contributed by atoms with E-state index >= 15 is 0 Å². The Kier molecular flexibility index (Phi) is 8.68. The molecule has 0 radical (unpaired) electrons. The Morgan fingerprint density at radius 1 is 1.11 bits per heavy atom. The number of esters is 1. The molecule has 0 spiro atoms. The number of rotatable bonds is 17. The second-order valence-electron chi connectivity index (χ2n) is 10.8. The van der Waals surface area contributed by atoms with Gasteiger partial charge in [0.15, 0.2) is 0 Å². The summed E-state index contributed by atoms with van der Waals surface area (Å²) in [5, 5.41) is 11.9. The van der Waals surface area contributed by atoms with Gasteiger partial charge in [0.2, 0.25) is 5.88 Å². The van der Waals surface area contributed by atoms with Gasteiger partial charge in [-0.15, -0.1) is 0 Å². The zero-order valence-corrected chi connectivity index (χ0v) is 26.0. The second kappa shape index (κ2) is 14.7. The van der Waals surface area contributed by atoms with Gasteiger partial charge in [0.05, 0.1) is 36.2 Å². The number of methoxy groups -OCH3 is 1. The molecule has 2 fully saturated rings. The third kappa shape index (κ3) is 8.06. The number of ether oxygens (including phenoxy) is 3. The van der Waals surface area contributed by atoms with Crippen molar-refractivity contribution in [1.29, 1.82) is 0 Å². The maximum Gasteiger partial charge on any atom is 0.331 e. The number of aliphatic hydroxyl groups is 1. The lowest BCUT2D eigenvalue weighted by Gasteiger charge is -2.40. The molecule has 44 heavy (non-hydrogen) atoms. The Balaban J connectivity index is 1.53. The number of aromatic nitrogens is 1. The minimum absolute atomic E-state index is 0.0144. The van der Waals surface area contributed by atoms with Crippen molar-refractivity contribution < 1.29 is 49.7 Å². The Hall–Kier alpha value is -3.26. The fourth-order valence-electron chi connectivity index (χ4n) is 4.68.